The maximum atomic E-state index is 13.1. The Labute approximate surface area is 216 Å². The molecule has 2 N–H and O–H groups in total. The minimum absolute atomic E-state index is 0.336. The number of piperidine rings is 1. The van der Waals surface area contributed by atoms with Crippen LogP contribution in [0.4, 0.5) is 36.7 Å². The van der Waals surface area contributed by atoms with Crippen molar-refractivity contribution in [2.24, 2.45) is 5.41 Å². The summed E-state index contributed by atoms with van der Waals surface area (Å²) in [6.45, 7) is 7.49. The van der Waals surface area contributed by atoms with Crippen molar-refractivity contribution in [3.05, 3.63) is 40.1 Å². The normalized spacial score (nSPS) is 19.8. The minimum Gasteiger partial charge on any atom is -0.475 e. The molecule has 2 aromatic rings. The number of anilines is 1. The lowest BCUT2D eigenvalue weighted by Gasteiger charge is -2.40. The van der Waals surface area contributed by atoms with E-state index in [2.05, 4.69) is 38.8 Å². The fourth-order valence-electron chi connectivity index (χ4n) is 4.13. The Balaban J connectivity index is 0.000000301. The van der Waals surface area contributed by atoms with Gasteiger partial charge in [0, 0.05) is 41.3 Å². The molecule has 2 aromatic heterocycles. The van der Waals surface area contributed by atoms with Crippen molar-refractivity contribution in [3.8, 4) is 0 Å². The van der Waals surface area contributed by atoms with E-state index in [-0.39, 0.29) is 5.82 Å². The Morgan fingerprint density at radius 3 is 2.00 bits per heavy atom. The summed E-state index contributed by atoms with van der Waals surface area (Å²) >= 11 is 1.90. The van der Waals surface area contributed by atoms with E-state index in [1.807, 2.05) is 11.3 Å². The molecule has 0 aliphatic carbocycles. The average molecular weight is 575 g/mol. The molecule has 16 heteroatoms. The second-order valence-corrected chi connectivity index (χ2v) is 10.2. The van der Waals surface area contributed by atoms with Crippen molar-refractivity contribution >= 4 is 29.2 Å². The summed E-state index contributed by atoms with van der Waals surface area (Å²) in [4.78, 5) is 33.8. The molecule has 2 fully saturated rings. The second kappa shape index (κ2) is 12.7. The molecule has 4 heterocycles. The van der Waals surface area contributed by atoms with E-state index in [0.717, 1.165) is 39.1 Å². The van der Waals surface area contributed by atoms with Gasteiger partial charge in [-0.25, -0.2) is 23.9 Å². The quantitative estimate of drug-likeness (QED) is 0.507. The predicted octanol–water partition coefficient (Wildman–Crippen LogP) is 4.74. The number of alkyl halides is 6. The average Bonchev–Trinajstić information content (AvgIpc) is 3.39. The highest BCUT2D eigenvalue weighted by molar-refractivity contribution is 7.11. The van der Waals surface area contributed by atoms with Gasteiger partial charge in [-0.2, -0.15) is 26.3 Å². The molecule has 1 unspecified atom stereocenters. The summed E-state index contributed by atoms with van der Waals surface area (Å²) in [5.74, 6) is -5.22. The predicted molar refractivity (Wildman–Crippen MR) is 122 cm³/mol. The topological polar surface area (TPSA) is 107 Å². The van der Waals surface area contributed by atoms with Gasteiger partial charge >= 0.3 is 24.3 Å². The van der Waals surface area contributed by atoms with Crippen LogP contribution in [0, 0.1) is 18.2 Å². The zero-order valence-electron chi connectivity index (χ0n) is 20.0. The van der Waals surface area contributed by atoms with Crippen LogP contribution in [-0.2, 0) is 16.1 Å². The molecule has 1 atom stereocenters. The number of aromatic nitrogens is 2. The first-order valence-corrected chi connectivity index (χ1v) is 11.9. The van der Waals surface area contributed by atoms with Gasteiger partial charge in [0.15, 0.2) is 5.82 Å². The van der Waals surface area contributed by atoms with Crippen LogP contribution in [-0.4, -0.2) is 75.6 Å². The van der Waals surface area contributed by atoms with Gasteiger partial charge in [0.1, 0.15) is 0 Å². The Kier molecular flexibility index (Phi) is 10.4. The largest absolute Gasteiger partial charge is 0.490 e. The summed E-state index contributed by atoms with van der Waals surface area (Å²) < 4.78 is 76.5. The maximum Gasteiger partial charge on any atom is 0.490 e. The van der Waals surface area contributed by atoms with Crippen molar-refractivity contribution in [1.82, 2.24) is 14.9 Å². The molecule has 0 aromatic carbocycles. The number of aryl methyl sites for hydroxylation is 1. The van der Waals surface area contributed by atoms with E-state index in [9.17, 15) is 30.7 Å². The third-order valence-corrected chi connectivity index (χ3v) is 6.71. The fraction of sp³-hybridized carbons (Fsp3) is 0.545. The van der Waals surface area contributed by atoms with E-state index in [1.165, 1.54) is 35.0 Å². The van der Waals surface area contributed by atoms with Gasteiger partial charge in [0.05, 0.1) is 12.4 Å². The molecule has 2 saturated heterocycles. The van der Waals surface area contributed by atoms with Crippen molar-refractivity contribution in [1.29, 1.82) is 0 Å². The molecule has 38 heavy (non-hydrogen) atoms. The van der Waals surface area contributed by atoms with E-state index in [1.54, 1.807) is 0 Å². The van der Waals surface area contributed by atoms with Crippen LogP contribution in [0.3, 0.4) is 0 Å². The van der Waals surface area contributed by atoms with E-state index in [0.29, 0.717) is 11.4 Å². The summed E-state index contributed by atoms with van der Waals surface area (Å²) in [6.07, 6.45) is -3.97. The SMILES string of the molecule is Cc1ccc(CN2CCC3(CCCN(c4ncc(F)cn4)C3)C2)s1.O=C(O)C(F)(F)F.O=C(O)C(F)(F)F. The van der Waals surface area contributed by atoms with Crippen LogP contribution in [0.25, 0.3) is 0 Å². The smallest absolute Gasteiger partial charge is 0.475 e. The Morgan fingerprint density at radius 1 is 0.974 bits per heavy atom. The summed E-state index contributed by atoms with van der Waals surface area (Å²) in [7, 11) is 0. The number of carboxylic acid groups (broad SMARTS) is 2. The molecule has 0 amide bonds. The van der Waals surface area contributed by atoms with Gasteiger partial charge < -0.3 is 15.1 Å². The highest BCUT2D eigenvalue weighted by atomic mass is 32.1. The lowest BCUT2D eigenvalue weighted by molar-refractivity contribution is -0.193. The van der Waals surface area contributed by atoms with E-state index in [4.69, 9.17) is 19.8 Å². The lowest BCUT2D eigenvalue weighted by atomic mass is 9.79. The first-order valence-electron chi connectivity index (χ1n) is 11.1. The fourth-order valence-corrected chi connectivity index (χ4v) is 5.07. The van der Waals surface area contributed by atoms with Gasteiger partial charge in [0.2, 0.25) is 5.95 Å². The van der Waals surface area contributed by atoms with Crippen LogP contribution in [0.15, 0.2) is 24.5 Å². The molecule has 2 aliphatic heterocycles. The van der Waals surface area contributed by atoms with Gasteiger partial charge in [-0.05, 0) is 44.9 Å². The first-order chi connectivity index (χ1) is 17.5. The van der Waals surface area contributed by atoms with E-state index < -0.39 is 24.3 Å². The first kappa shape index (κ1) is 31.2. The van der Waals surface area contributed by atoms with Crippen LogP contribution in [0.2, 0.25) is 0 Å². The molecule has 2 aliphatic rings. The number of hydrogen-bond donors (Lipinski definition) is 2. The monoisotopic (exact) mass is 574 g/mol. The van der Waals surface area contributed by atoms with Crippen LogP contribution >= 0.6 is 11.3 Å². The number of nitrogens with zero attached hydrogens (tertiary/aromatic N) is 4. The maximum absolute atomic E-state index is 13.1. The van der Waals surface area contributed by atoms with Gasteiger partial charge in [-0.15, -0.1) is 11.3 Å². The highest BCUT2D eigenvalue weighted by Gasteiger charge is 2.42. The number of carbonyl (C=O) groups is 2. The zero-order chi connectivity index (χ0) is 28.7. The summed E-state index contributed by atoms with van der Waals surface area (Å²) in [5.41, 5.74) is 0.336. The number of rotatable bonds is 3. The number of likely N-dealkylation sites (tertiary alicyclic amines) is 1. The molecular formula is C22H25F7N4O4S. The number of halogens is 7. The van der Waals surface area contributed by atoms with E-state index >= 15 is 0 Å². The molecular weight excluding hydrogens is 549 g/mol. The minimum atomic E-state index is -5.08. The van der Waals surface area contributed by atoms with Crippen molar-refractivity contribution in [2.75, 3.05) is 31.1 Å². The lowest BCUT2D eigenvalue weighted by Crippen LogP contribution is -2.45. The molecule has 0 radical (unpaired) electrons. The summed E-state index contributed by atoms with van der Waals surface area (Å²) in [6, 6.07) is 4.46. The van der Waals surface area contributed by atoms with Crippen LogP contribution in [0.1, 0.15) is 29.0 Å². The van der Waals surface area contributed by atoms with Crippen LogP contribution in [0.5, 0.6) is 0 Å². The molecule has 8 nitrogen and oxygen atoms in total. The number of thiophene rings is 1. The Morgan fingerprint density at radius 2 is 1.53 bits per heavy atom. The van der Waals surface area contributed by atoms with Crippen LogP contribution < -0.4 is 4.90 Å². The highest BCUT2D eigenvalue weighted by Crippen LogP contribution is 2.40. The van der Waals surface area contributed by atoms with Crippen molar-refractivity contribution < 1.29 is 50.5 Å². The van der Waals surface area contributed by atoms with Gasteiger partial charge in [-0.1, -0.05) is 0 Å². The zero-order valence-corrected chi connectivity index (χ0v) is 20.8. The molecule has 0 bridgehead atoms. The number of hydrogen-bond acceptors (Lipinski definition) is 7. The van der Waals surface area contributed by atoms with Crippen molar-refractivity contribution in [3.63, 3.8) is 0 Å². The number of aliphatic carboxylic acids is 2. The second-order valence-electron chi connectivity index (χ2n) is 8.81. The van der Waals surface area contributed by atoms with Gasteiger partial charge in [-0.3, -0.25) is 4.90 Å². The number of carboxylic acids is 2. The Bertz CT molecular complexity index is 1050. The molecule has 0 saturated carbocycles. The summed E-state index contributed by atoms with van der Waals surface area (Å²) in [5, 5.41) is 14.2. The molecule has 4 rings (SSSR count). The van der Waals surface area contributed by atoms with Gasteiger partial charge in [0.25, 0.3) is 0 Å². The third kappa shape index (κ3) is 9.70. The van der Waals surface area contributed by atoms with Crippen molar-refractivity contribution in [2.45, 2.75) is 45.1 Å². The third-order valence-electron chi connectivity index (χ3n) is 5.73. The Hall–Kier alpha value is -3.01. The molecule has 1 spiro atoms. The molecule has 212 valence electrons. The standard InChI is InChI=1S/C18H23FN4S.2C2HF3O2/c1-14-3-4-16(24-14)11-22-8-6-18(12-22)5-2-7-23(13-18)17-20-9-15(19)10-21-17;2*3-2(4,5)1(6)7/h3-4,9-10H,2,5-8,11-13H2,1H3;2*(H,6,7).